The van der Waals surface area contributed by atoms with Crippen LogP contribution in [0.3, 0.4) is 0 Å². The van der Waals surface area contributed by atoms with Gasteiger partial charge in [0.1, 0.15) is 30.0 Å². The first kappa shape index (κ1) is 35.8. The van der Waals surface area contributed by atoms with E-state index in [0.717, 1.165) is 27.8 Å². The number of guanidine groups is 1. The highest BCUT2D eigenvalue weighted by molar-refractivity contribution is 5.89. The second-order valence-corrected chi connectivity index (χ2v) is 12.8. The number of unbranched alkanes of at least 4 members (excludes halogenated alkanes) is 1. The van der Waals surface area contributed by atoms with Crippen molar-refractivity contribution in [2.75, 3.05) is 19.7 Å². The maximum atomic E-state index is 13.6. The summed E-state index contributed by atoms with van der Waals surface area (Å²) in [7, 11) is 0. The third kappa shape index (κ3) is 10.2. The monoisotopic (exact) mass is 657 g/mol. The Morgan fingerprint density at radius 3 is 2.10 bits per heavy atom. The van der Waals surface area contributed by atoms with Gasteiger partial charge in [-0.15, -0.1) is 0 Å². The van der Waals surface area contributed by atoms with Gasteiger partial charge in [-0.3, -0.25) is 9.79 Å². The average molecular weight is 658 g/mol. The standard InChI is InChI=1S/C37H47N5O6/c1-5-39-35(38)40-21-11-10-16-31(34(44)45)41-33(43)32(22-24-17-19-25(20-18-24)48-37(2,3)4)42-36(46)47-23-30-28-14-8-6-12-26(28)27-13-7-9-15-29(27)30/h6-9,12-15,17-20,30-32H,5,10-11,16,21-23H2,1-4H3,(H,41,43)(H,42,46)(H,44,45)(H3,38,39,40)/t31-,32+/m1/s1. The molecule has 0 saturated heterocycles. The average Bonchev–Trinajstić information content (AvgIpc) is 3.36. The molecule has 0 unspecified atom stereocenters. The highest BCUT2D eigenvalue weighted by Crippen LogP contribution is 2.44. The van der Waals surface area contributed by atoms with Crippen LogP contribution in [0.1, 0.15) is 69.6 Å². The Morgan fingerprint density at radius 1 is 0.896 bits per heavy atom. The van der Waals surface area contributed by atoms with Crippen LogP contribution in [0.2, 0.25) is 0 Å². The summed E-state index contributed by atoms with van der Waals surface area (Å²) < 4.78 is 11.6. The van der Waals surface area contributed by atoms with Crippen molar-refractivity contribution in [3.63, 3.8) is 0 Å². The maximum absolute atomic E-state index is 13.6. The summed E-state index contributed by atoms with van der Waals surface area (Å²) >= 11 is 0. The number of fused-ring (bicyclic) bond motifs is 3. The van der Waals surface area contributed by atoms with Gasteiger partial charge in [0, 0.05) is 25.4 Å². The number of aliphatic carboxylic acids is 1. The molecule has 3 aromatic rings. The van der Waals surface area contributed by atoms with Gasteiger partial charge < -0.3 is 36.3 Å². The van der Waals surface area contributed by atoms with E-state index in [1.165, 1.54) is 0 Å². The van der Waals surface area contributed by atoms with Crippen molar-refractivity contribution >= 4 is 23.9 Å². The first-order valence-electron chi connectivity index (χ1n) is 16.4. The number of carbonyl (C=O) groups excluding carboxylic acids is 2. The molecule has 0 heterocycles. The Bertz CT molecular complexity index is 1540. The zero-order valence-electron chi connectivity index (χ0n) is 28.1. The summed E-state index contributed by atoms with van der Waals surface area (Å²) in [5.74, 6) is -0.942. The predicted octanol–water partition coefficient (Wildman–Crippen LogP) is 4.98. The molecular weight excluding hydrogens is 610 g/mol. The SMILES string of the molecule is CCNC(N)=NCCCC[C@@H](NC(=O)[C@H](Cc1ccc(OC(C)(C)C)cc1)NC(=O)OCC1c2ccccc2-c2ccccc21)C(=O)O. The van der Waals surface area contributed by atoms with Gasteiger partial charge in [-0.2, -0.15) is 0 Å². The fourth-order valence-electron chi connectivity index (χ4n) is 5.70. The lowest BCUT2D eigenvalue weighted by Crippen LogP contribution is -2.52. The number of amides is 2. The number of aliphatic imine (C=N–C) groups is 1. The zero-order valence-corrected chi connectivity index (χ0v) is 28.1. The number of carboxylic acids is 1. The molecule has 2 atom stereocenters. The molecule has 3 aromatic carbocycles. The second-order valence-electron chi connectivity index (χ2n) is 12.8. The first-order valence-corrected chi connectivity index (χ1v) is 16.4. The van der Waals surface area contributed by atoms with Gasteiger partial charge in [-0.05, 0) is 86.9 Å². The molecular formula is C37H47N5O6. The minimum atomic E-state index is -1.16. The zero-order chi connectivity index (χ0) is 34.7. The van der Waals surface area contributed by atoms with E-state index < -0.39 is 30.1 Å². The number of nitrogens with one attached hydrogen (secondary N) is 3. The number of nitrogens with zero attached hydrogens (tertiary/aromatic N) is 1. The third-order valence-corrected chi connectivity index (χ3v) is 7.90. The van der Waals surface area contributed by atoms with Crippen LogP contribution in [-0.2, 0) is 20.7 Å². The van der Waals surface area contributed by atoms with Gasteiger partial charge in [0.2, 0.25) is 5.91 Å². The Hall–Kier alpha value is -5.06. The Kier molecular flexibility index (Phi) is 12.4. The van der Waals surface area contributed by atoms with Crippen molar-refractivity contribution < 1.29 is 29.0 Å². The Morgan fingerprint density at radius 2 is 1.52 bits per heavy atom. The van der Waals surface area contributed by atoms with Gasteiger partial charge in [-0.1, -0.05) is 60.7 Å². The van der Waals surface area contributed by atoms with Crippen molar-refractivity contribution in [3.8, 4) is 16.9 Å². The van der Waals surface area contributed by atoms with Crippen molar-refractivity contribution in [2.24, 2.45) is 10.7 Å². The van der Waals surface area contributed by atoms with Crippen LogP contribution < -0.4 is 26.4 Å². The van der Waals surface area contributed by atoms with E-state index >= 15 is 0 Å². The van der Waals surface area contributed by atoms with Crippen LogP contribution in [0.25, 0.3) is 11.1 Å². The fraction of sp³-hybridized carbons (Fsp3) is 0.405. The molecule has 1 aliphatic carbocycles. The van der Waals surface area contributed by atoms with Gasteiger partial charge >= 0.3 is 12.1 Å². The first-order chi connectivity index (χ1) is 22.9. The van der Waals surface area contributed by atoms with Crippen LogP contribution in [0, 0.1) is 0 Å². The van der Waals surface area contributed by atoms with Crippen LogP contribution in [0.5, 0.6) is 5.75 Å². The van der Waals surface area contributed by atoms with Gasteiger partial charge in [0.05, 0.1) is 0 Å². The van der Waals surface area contributed by atoms with E-state index in [0.29, 0.717) is 37.6 Å². The number of ether oxygens (including phenoxy) is 2. The summed E-state index contributed by atoms with van der Waals surface area (Å²) in [5, 5.41) is 18.1. The topological polar surface area (TPSA) is 164 Å². The number of benzene rings is 3. The molecule has 4 rings (SSSR count). The highest BCUT2D eigenvalue weighted by Gasteiger charge is 2.31. The van der Waals surface area contributed by atoms with E-state index in [1.807, 2.05) is 76.2 Å². The maximum Gasteiger partial charge on any atom is 0.407 e. The lowest BCUT2D eigenvalue weighted by molar-refractivity contribution is -0.142. The Balaban J connectivity index is 1.44. The number of rotatable bonds is 15. The van der Waals surface area contributed by atoms with Crippen molar-refractivity contribution in [1.82, 2.24) is 16.0 Å². The van der Waals surface area contributed by atoms with E-state index in [2.05, 4.69) is 33.1 Å². The number of hydrogen-bond donors (Lipinski definition) is 5. The van der Waals surface area contributed by atoms with Gasteiger partial charge in [0.25, 0.3) is 0 Å². The van der Waals surface area contributed by atoms with E-state index in [9.17, 15) is 19.5 Å². The van der Waals surface area contributed by atoms with Gasteiger partial charge in [-0.25, -0.2) is 9.59 Å². The third-order valence-electron chi connectivity index (χ3n) is 7.90. The lowest BCUT2D eigenvalue weighted by Gasteiger charge is -2.23. The summed E-state index contributed by atoms with van der Waals surface area (Å²) in [6.45, 7) is 8.92. The van der Waals surface area contributed by atoms with E-state index in [4.69, 9.17) is 15.2 Å². The van der Waals surface area contributed by atoms with Crippen LogP contribution in [0.4, 0.5) is 4.79 Å². The summed E-state index contributed by atoms with van der Waals surface area (Å²) in [5.41, 5.74) is 10.5. The second kappa shape index (κ2) is 16.7. The van der Waals surface area contributed by atoms with Crippen LogP contribution in [0.15, 0.2) is 77.8 Å². The highest BCUT2D eigenvalue weighted by atomic mass is 16.5. The minimum Gasteiger partial charge on any atom is -0.488 e. The molecule has 0 aliphatic heterocycles. The molecule has 0 aromatic heterocycles. The number of hydrogen-bond acceptors (Lipinski definition) is 6. The van der Waals surface area contributed by atoms with Gasteiger partial charge in [0.15, 0.2) is 5.96 Å². The molecule has 0 bridgehead atoms. The lowest BCUT2D eigenvalue weighted by atomic mass is 9.98. The molecule has 1 aliphatic rings. The number of carbonyl (C=O) groups is 3. The molecule has 6 N–H and O–H groups in total. The summed E-state index contributed by atoms with van der Waals surface area (Å²) in [4.78, 5) is 43.1. The number of nitrogens with two attached hydrogens (primary N) is 1. The fourth-order valence-corrected chi connectivity index (χ4v) is 5.70. The molecule has 0 spiro atoms. The normalized spacial score (nSPS) is 13.9. The van der Waals surface area contributed by atoms with Crippen LogP contribution >= 0.6 is 0 Å². The minimum absolute atomic E-state index is 0.0750. The van der Waals surface area contributed by atoms with E-state index in [-0.39, 0.29) is 31.0 Å². The van der Waals surface area contributed by atoms with Crippen LogP contribution in [-0.4, -0.2) is 66.4 Å². The van der Waals surface area contributed by atoms with E-state index in [1.54, 1.807) is 12.1 Å². The molecule has 0 saturated carbocycles. The van der Waals surface area contributed by atoms with Crippen molar-refractivity contribution in [1.29, 1.82) is 0 Å². The summed E-state index contributed by atoms with van der Waals surface area (Å²) in [6.07, 6.45) is 0.619. The molecule has 0 fully saturated rings. The summed E-state index contributed by atoms with van der Waals surface area (Å²) in [6, 6.07) is 21.0. The largest absolute Gasteiger partial charge is 0.488 e. The smallest absolute Gasteiger partial charge is 0.407 e. The van der Waals surface area contributed by atoms with Crippen molar-refractivity contribution in [3.05, 3.63) is 89.5 Å². The molecule has 11 heteroatoms. The number of alkyl carbamates (subject to hydrolysis) is 1. The molecule has 48 heavy (non-hydrogen) atoms. The van der Waals surface area contributed by atoms with Crippen molar-refractivity contribution in [2.45, 2.75) is 77.0 Å². The number of carboxylic acid groups (broad SMARTS) is 1. The molecule has 11 nitrogen and oxygen atoms in total. The molecule has 2 amide bonds. The predicted molar refractivity (Wildman–Crippen MR) is 186 cm³/mol. The molecule has 256 valence electrons. The quantitative estimate of drug-likeness (QED) is 0.0868. The molecule has 0 radical (unpaired) electrons. The Labute approximate surface area is 282 Å².